The number of aliphatic imine (C=N–C) groups is 1. The maximum absolute atomic E-state index is 13.8. The Balaban J connectivity index is 1.35. The molecule has 2 aliphatic heterocycles. The summed E-state index contributed by atoms with van der Waals surface area (Å²) in [7, 11) is 4.78. The zero-order valence-corrected chi connectivity index (χ0v) is 24.9. The van der Waals surface area contributed by atoms with E-state index < -0.39 is 35.3 Å². The average molecular weight is 616 g/mol. The van der Waals surface area contributed by atoms with Crippen molar-refractivity contribution in [1.29, 1.82) is 0 Å². The summed E-state index contributed by atoms with van der Waals surface area (Å²) in [5.41, 5.74) is 1.87. The first-order chi connectivity index (χ1) is 21.3. The molecule has 13 nitrogen and oxygen atoms in total. The Morgan fingerprint density at radius 3 is 2.41 bits per heavy atom. The summed E-state index contributed by atoms with van der Waals surface area (Å²) in [5, 5.41) is 9.56. The molecule has 1 unspecified atom stereocenters. The molecule has 5 rings (SSSR count). The summed E-state index contributed by atoms with van der Waals surface area (Å²) in [6.07, 6.45) is 2.27. The molecule has 0 radical (unpaired) electrons. The standard InChI is InChI=1S/C30H29N7O6S/c1-5-18-16-44-28-22(32-26(38)21(34-41-4)25-33-30(43-35-25)31-17-36(2)3)27(39)37(28)23(18)29(40)42-24(19-12-8-6-9-13-19)20-14-10-7-11-15-20/h5-15,17,22,24,28H,1,16H2,2-4H3,(H,32,38)/t22?,28-/m1/s1. The number of thioether (sulfide) groups is 1. The number of ether oxygens (including phenoxy) is 1. The summed E-state index contributed by atoms with van der Waals surface area (Å²) in [6, 6.07) is 17.6. The van der Waals surface area contributed by atoms with Crippen LogP contribution in [-0.4, -0.2) is 88.1 Å². The van der Waals surface area contributed by atoms with Gasteiger partial charge >= 0.3 is 12.0 Å². The second-order valence-corrected chi connectivity index (χ2v) is 10.9. The van der Waals surface area contributed by atoms with E-state index in [1.807, 2.05) is 60.7 Å². The molecule has 2 aliphatic rings. The van der Waals surface area contributed by atoms with E-state index in [1.54, 1.807) is 19.0 Å². The number of hydrogen-bond donors (Lipinski definition) is 1. The minimum Gasteiger partial charge on any atom is -0.448 e. The number of hydrogen-bond acceptors (Lipinski definition) is 11. The summed E-state index contributed by atoms with van der Waals surface area (Å²) >= 11 is 1.38. The molecule has 44 heavy (non-hydrogen) atoms. The van der Waals surface area contributed by atoms with E-state index >= 15 is 0 Å². The van der Waals surface area contributed by atoms with E-state index in [4.69, 9.17) is 14.1 Å². The SMILES string of the molecule is C=CC1=C(C(=O)OC(c2ccccc2)c2ccccc2)N2C(=O)C(NC(=O)C(=NOC)c3noc(N=CN(C)C)n3)[C@H]2SC1. The zero-order valence-electron chi connectivity index (χ0n) is 24.1. The number of aromatic nitrogens is 2. The molecule has 2 amide bonds. The molecule has 0 bridgehead atoms. The molecule has 1 N–H and O–H groups in total. The van der Waals surface area contributed by atoms with Crippen molar-refractivity contribution in [3.63, 3.8) is 0 Å². The topological polar surface area (TPSA) is 152 Å². The Morgan fingerprint density at radius 2 is 1.82 bits per heavy atom. The number of carbonyl (C=O) groups excluding carboxylic acids is 3. The molecule has 2 atom stereocenters. The van der Waals surface area contributed by atoms with E-state index in [-0.39, 0.29) is 23.2 Å². The summed E-state index contributed by atoms with van der Waals surface area (Å²) in [5.74, 6) is -1.77. The minimum absolute atomic E-state index is 0.0865. The lowest BCUT2D eigenvalue weighted by Crippen LogP contribution is -2.71. The molecule has 0 spiro atoms. The molecule has 0 saturated carbocycles. The second kappa shape index (κ2) is 13.4. The van der Waals surface area contributed by atoms with Gasteiger partial charge in [0.05, 0.1) is 6.34 Å². The fraction of sp³-hybridized carbons (Fsp3) is 0.233. The number of esters is 1. The first-order valence-corrected chi connectivity index (χ1v) is 14.4. The lowest BCUT2D eigenvalue weighted by atomic mass is 10.0. The third-order valence-electron chi connectivity index (χ3n) is 6.58. The smallest absolute Gasteiger partial charge is 0.356 e. The van der Waals surface area contributed by atoms with E-state index in [0.29, 0.717) is 11.3 Å². The van der Waals surface area contributed by atoms with Crippen molar-refractivity contribution >= 4 is 47.6 Å². The first kappa shape index (κ1) is 30.2. The van der Waals surface area contributed by atoms with Gasteiger partial charge in [0, 0.05) is 19.8 Å². The fourth-order valence-corrected chi connectivity index (χ4v) is 5.89. The number of carbonyl (C=O) groups is 3. The van der Waals surface area contributed by atoms with Crippen molar-refractivity contribution in [3.05, 3.63) is 102 Å². The largest absolute Gasteiger partial charge is 0.448 e. The number of benzene rings is 2. The number of fused-ring (bicyclic) bond motifs is 1. The Bertz CT molecular complexity index is 1600. The van der Waals surface area contributed by atoms with Crippen LogP contribution in [0.1, 0.15) is 23.1 Å². The van der Waals surface area contributed by atoms with Crippen molar-refractivity contribution in [2.75, 3.05) is 27.0 Å². The van der Waals surface area contributed by atoms with E-state index in [0.717, 1.165) is 11.1 Å². The molecule has 2 aromatic carbocycles. The number of allylic oxidation sites excluding steroid dienone is 1. The van der Waals surface area contributed by atoms with Crippen molar-refractivity contribution in [2.24, 2.45) is 10.1 Å². The Morgan fingerprint density at radius 1 is 1.16 bits per heavy atom. The predicted octanol–water partition coefficient (Wildman–Crippen LogP) is 2.81. The summed E-state index contributed by atoms with van der Waals surface area (Å²) in [4.78, 5) is 56.4. The van der Waals surface area contributed by atoms with Crippen LogP contribution in [0.25, 0.3) is 0 Å². The van der Waals surface area contributed by atoms with Gasteiger partial charge in [0.2, 0.25) is 11.5 Å². The average Bonchev–Trinajstić information content (AvgIpc) is 3.52. The number of nitrogens with one attached hydrogen (secondary N) is 1. The van der Waals surface area contributed by atoms with Gasteiger partial charge in [-0.3, -0.25) is 14.5 Å². The molecule has 3 aromatic rings. The van der Waals surface area contributed by atoms with Crippen LogP contribution in [0.4, 0.5) is 6.01 Å². The van der Waals surface area contributed by atoms with Crippen molar-refractivity contribution in [2.45, 2.75) is 17.5 Å². The van der Waals surface area contributed by atoms with Crippen LogP contribution >= 0.6 is 11.8 Å². The summed E-state index contributed by atoms with van der Waals surface area (Å²) < 4.78 is 11.1. The number of β-lactam (4-membered cyclic amide) rings is 1. The fourth-order valence-electron chi connectivity index (χ4n) is 4.55. The van der Waals surface area contributed by atoms with Crippen LogP contribution in [0.5, 0.6) is 0 Å². The molecule has 0 aliphatic carbocycles. The molecule has 1 aromatic heterocycles. The number of nitrogens with zero attached hydrogens (tertiary/aromatic N) is 6. The molecular formula is C30H29N7O6S. The Hall–Kier alpha value is -5.24. The number of rotatable bonds is 11. The van der Waals surface area contributed by atoms with E-state index in [1.165, 1.54) is 36.2 Å². The molecule has 14 heteroatoms. The predicted molar refractivity (Wildman–Crippen MR) is 163 cm³/mol. The van der Waals surface area contributed by atoms with Crippen LogP contribution in [-0.2, 0) is 24.0 Å². The van der Waals surface area contributed by atoms with Crippen molar-refractivity contribution in [3.8, 4) is 0 Å². The van der Waals surface area contributed by atoms with Gasteiger partial charge in [-0.05, 0) is 16.7 Å². The zero-order chi connectivity index (χ0) is 31.2. The van der Waals surface area contributed by atoms with Crippen LogP contribution in [0.3, 0.4) is 0 Å². The molecule has 1 fully saturated rings. The van der Waals surface area contributed by atoms with Gasteiger partial charge in [-0.2, -0.15) is 9.98 Å². The van der Waals surface area contributed by atoms with Crippen LogP contribution < -0.4 is 5.32 Å². The molecule has 226 valence electrons. The second-order valence-electron chi connectivity index (χ2n) is 9.78. The van der Waals surface area contributed by atoms with Gasteiger partial charge in [-0.15, -0.1) is 11.8 Å². The van der Waals surface area contributed by atoms with Crippen molar-refractivity contribution in [1.82, 2.24) is 25.3 Å². The van der Waals surface area contributed by atoms with Crippen LogP contribution in [0, 0.1) is 0 Å². The Labute approximate surface area is 257 Å². The maximum Gasteiger partial charge on any atom is 0.356 e. The van der Waals surface area contributed by atoms with Gasteiger partial charge in [-0.25, -0.2) is 4.79 Å². The van der Waals surface area contributed by atoms with Gasteiger partial charge in [0.1, 0.15) is 24.2 Å². The quantitative estimate of drug-likeness (QED) is 0.112. The third kappa shape index (κ3) is 6.24. The number of oxime groups is 1. The van der Waals surface area contributed by atoms with Gasteiger partial charge in [-0.1, -0.05) is 83.6 Å². The highest BCUT2D eigenvalue weighted by atomic mass is 32.2. The van der Waals surface area contributed by atoms with Gasteiger partial charge in [0.25, 0.3) is 11.8 Å². The number of amides is 2. The van der Waals surface area contributed by atoms with E-state index in [2.05, 4.69) is 32.2 Å². The molecule has 3 heterocycles. The third-order valence-corrected chi connectivity index (χ3v) is 7.88. The Kier molecular flexibility index (Phi) is 9.19. The highest BCUT2D eigenvalue weighted by Gasteiger charge is 2.54. The van der Waals surface area contributed by atoms with Crippen molar-refractivity contribution < 1.29 is 28.5 Å². The van der Waals surface area contributed by atoms with Gasteiger partial charge < -0.3 is 24.3 Å². The molecular weight excluding hydrogens is 586 g/mol. The highest BCUT2D eigenvalue weighted by molar-refractivity contribution is 8.00. The van der Waals surface area contributed by atoms with Gasteiger partial charge in [0.15, 0.2) is 6.10 Å². The lowest BCUT2D eigenvalue weighted by Gasteiger charge is -2.49. The monoisotopic (exact) mass is 615 g/mol. The summed E-state index contributed by atoms with van der Waals surface area (Å²) in [6.45, 7) is 3.84. The van der Waals surface area contributed by atoms with Crippen LogP contribution in [0.15, 0.2) is 99.3 Å². The minimum atomic E-state index is -0.971. The van der Waals surface area contributed by atoms with Crippen LogP contribution in [0.2, 0.25) is 0 Å². The maximum atomic E-state index is 13.8. The van der Waals surface area contributed by atoms with E-state index in [9.17, 15) is 14.4 Å². The normalized spacial score (nSPS) is 18.1. The highest BCUT2D eigenvalue weighted by Crippen LogP contribution is 2.42. The molecule has 1 saturated heterocycles. The first-order valence-electron chi connectivity index (χ1n) is 13.4. The lowest BCUT2D eigenvalue weighted by molar-refractivity contribution is -0.154.